The number of rotatable bonds is 7. The van der Waals surface area contributed by atoms with E-state index in [0.29, 0.717) is 21.3 Å². The molecule has 0 aromatic carbocycles. The second-order valence-electron chi connectivity index (χ2n) is 7.06. The summed E-state index contributed by atoms with van der Waals surface area (Å²) in [5.74, 6) is -1.45. The van der Waals surface area contributed by atoms with E-state index in [2.05, 4.69) is 15.3 Å². The topological polar surface area (TPSA) is 115 Å². The molecule has 12 heteroatoms. The van der Waals surface area contributed by atoms with Gasteiger partial charge in [0.2, 0.25) is 11.0 Å². The maximum absolute atomic E-state index is 12.8. The molecule has 2 N–H and O–H groups in total. The lowest BCUT2D eigenvalue weighted by Crippen LogP contribution is -2.70. The number of carbonyl (C=O) groups is 3. The summed E-state index contributed by atoms with van der Waals surface area (Å²) in [6.45, 7) is 0. The van der Waals surface area contributed by atoms with Crippen molar-refractivity contribution in [1.29, 1.82) is 0 Å². The van der Waals surface area contributed by atoms with Gasteiger partial charge in [0.25, 0.3) is 5.91 Å². The van der Waals surface area contributed by atoms with Crippen LogP contribution in [-0.4, -0.2) is 75.3 Å². The van der Waals surface area contributed by atoms with E-state index in [4.69, 9.17) is 0 Å². The number of thiophene rings is 1. The molecule has 0 bridgehead atoms. The fourth-order valence-corrected chi connectivity index (χ4v) is 6.19. The largest absolute Gasteiger partial charge is 0.477 e. The number of carbonyl (C=O) groups excluding carboxylic acids is 2. The summed E-state index contributed by atoms with van der Waals surface area (Å²) >= 11 is 4.17. The quantitative estimate of drug-likeness (QED) is 0.355. The molecule has 4 heterocycles. The number of thiazole rings is 1. The number of aliphatic imine (C=N–C) groups is 1. The Morgan fingerprint density at radius 3 is 2.94 bits per heavy atom. The molecule has 9 nitrogen and oxygen atoms in total. The zero-order chi connectivity index (χ0) is 22.1. The van der Waals surface area contributed by atoms with E-state index >= 15 is 0 Å². The smallest absolute Gasteiger partial charge is 0.353 e. The van der Waals surface area contributed by atoms with Crippen molar-refractivity contribution in [2.75, 3.05) is 19.8 Å². The van der Waals surface area contributed by atoms with Gasteiger partial charge in [0.1, 0.15) is 17.1 Å². The zero-order valence-electron chi connectivity index (χ0n) is 16.6. The van der Waals surface area contributed by atoms with Crippen molar-refractivity contribution >= 4 is 69.3 Å². The summed E-state index contributed by atoms with van der Waals surface area (Å²) in [7, 11) is 3.68. The fourth-order valence-electron chi connectivity index (χ4n) is 3.23. The minimum absolute atomic E-state index is 0.0516. The highest BCUT2D eigenvalue weighted by Crippen LogP contribution is 2.44. The molecule has 0 aliphatic carbocycles. The van der Waals surface area contributed by atoms with E-state index in [1.807, 2.05) is 31.6 Å². The number of hydrogen-bond acceptors (Lipinski definition) is 8. The van der Waals surface area contributed by atoms with Gasteiger partial charge < -0.3 is 15.3 Å². The number of carboxylic acid groups (broad SMARTS) is 1. The first kappa shape index (κ1) is 21.5. The summed E-state index contributed by atoms with van der Waals surface area (Å²) in [6.07, 6.45) is 3.39. The van der Waals surface area contributed by atoms with Crippen LogP contribution in [0.3, 0.4) is 0 Å². The Kier molecular flexibility index (Phi) is 6.12. The second-order valence-corrected chi connectivity index (χ2v) is 10.2. The molecule has 2 atom stereocenters. The fraction of sp³-hybridized carbons (Fsp3) is 0.316. The molecule has 2 aliphatic heterocycles. The number of aliphatic carboxylic acids is 1. The standard InChI is InChI=1S/C19H19N5O4S3/c1-23(2)9-21-19-20-7-12(31-19)11-8-30-17-14(16(26)24(17)15(11)18(27)28)22-13(25)6-10-4-3-5-29-10/h3-5,7,9,14,17H,6,8H2,1-2H3,(H,22,25)(H,27,28)/b21-9+. The first-order valence-electron chi connectivity index (χ1n) is 9.25. The minimum Gasteiger partial charge on any atom is -0.477 e. The van der Waals surface area contributed by atoms with Gasteiger partial charge in [0.05, 0.1) is 17.6 Å². The van der Waals surface area contributed by atoms with Gasteiger partial charge >= 0.3 is 5.97 Å². The van der Waals surface area contributed by atoms with Gasteiger partial charge in [-0.15, -0.1) is 23.1 Å². The normalized spacial score (nSPS) is 20.6. The molecule has 0 radical (unpaired) electrons. The third-order valence-corrected chi connectivity index (χ3v) is 7.71. The molecule has 4 rings (SSSR count). The number of nitrogens with zero attached hydrogens (tertiary/aromatic N) is 4. The van der Waals surface area contributed by atoms with Gasteiger partial charge in [-0.1, -0.05) is 17.4 Å². The van der Waals surface area contributed by atoms with Crippen LogP contribution in [0.4, 0.5) is 5.13 Å². The Bertz CT molecular complexity index is 1080. The molecule has 2 aromatic heterocycles. The van der Waals surface area contributed by atoms with Crippen molar-refractivity contribution < 1.29 is 19.5 Å². The Hall–Kier alpha value is -2.70. The molecule has 1 saturated heterocycles. The maximum atomic E-state index is 12.8. The van der Waals surface area contributed by atoms with Crippen molar-refractivity contribution in [2.45, 2.75) is 17.8 Å². The SMILES string of the molecule is CN(C)/C=N/c1ncc(C2=C(C(=O)O)N3C(=O)C(NC(=O)Cc4cccs4)C3SC2)s1. The Morgan fingerprint density at radius 2 is 2.26 bits per heavy atom. The summed E-state index contributed by atoms with van der Waals surface area (Å²) in [6, 6.07) is 3.00. The Labute approximate surface area is 190 Å². The molecule has 0 spiro atoms. The molecule has 2 amide bonds. The molecule has 162 valence electrons. The molecule has 2 aromatic rings. The molecule has 2 unspecified atom stereocenters. The third-order valence-electron chi connectivity index (χ3n) is 4.59. The molecule has 0 saturated carbocycles. The van der Waals surface area contributed by atoms with Gasteiger partial charge in [0.15, 0.2) is 0 Å². The summed E-state index contributed by atoms with van der Waals surface area (Å²) < 4.78 is 0. The Morgan fingerprint density at radius 1 is 1.45 bits per heavy atom. The molecular formula is C19H19N5O4S3. The van der Waals surface area contributed by atoms with Crippen LogP contribution in [0.15, 0.2) is 34.4 Å². The van der Waals surface area contributed by atoms with Gasteiger partial charge in [-0.2, -0.15) is 0 Å². The van der Waals surface area contributed by atoms with E-state index in [-0.39, 0.29) is 18.0 Å². The minimum atomic E-state index is -1.18. The third kappa shape index (κ3) is 4.36. The predicted octanol–water partition coefficient (Wildman–Crippen LogP) is 1.86. The van der Waals surface area contributed by atoms with Crippen LogP contribution in [0.2, 0.25) is 0 Å². The molecule has 31 heavy (non-hydrogen) atoms. The van der Waals surface area contributed by atoms with Gasteiger partial charge in [-0.3, -0.25) is 14.5 Å². The van der Waals surface area contributed by atoms with Crippen LogP contribution < -0.4 is 5.32 Å². The molecular weight excluding hydrogens is 458 g/mol. The van der Waals surface area contributed by atoms with E-state index in [0.717, 1.165) is 4.88 Å². The van der Waals surface area contributed by atoms with E-state index < -0.39 is 23.3 Å². The number of aromatic nitrogens is 1. The van der Waals surface area contributed by atoms with E-state index in [1.165, 1.54) is 39.3 Å². The van der Waals surface area contributed by atoms with E-state index in [1.54, 1.807) is 17.4 Å². The van der Waals surface area contributed by atoms with Crippen LogP contribution in [-0.2, 0) is 20.8 Å². The highest BCUT2D eigenvalue weighted by molar-refractivity contribution is 8.00. The molecule has 2 aliphatic rings. The predicted molar refractivity (Wildman–Crippen MR) is 122 cm³/mol. The number of fused-ring (bicyclic) bond motifs is 1. The first-order valence-corrected chi connectivity index (χ1v) is 12.0. The number of amides is 2. The van der Waals surface area contributed by atoms with Gasteiger partial charge in [0, 0.05) is 36.5 Å². The highest BCUT2D eigenvalue weighted by atomic mass is 32.2. The lowest BCUT2D eigenvalue weighted by molar-refractivity contribution is -0.150. The number of thioether (sulfide) groups is 1. The van der Waals surface area contributed by atoms with Crippen molar-refractivity contribution in [2.24, 2.45) is 4.99 Å². The highest BCUT2D eigenvalue weighted by Gasteiger charge is 2.54. The van der Waals surface area contributed by atoms with E-state index in [9.17, 15) is 19.5 Å². The van der Waals surface area contributed by atoms with Crippen LogP contribution >= 0.6 is 34.4 Å². The van der Waals surface area contributed by atoms with Gasteiger partial charge in [-0.25, -0.2) is 14.8 Å². The molecule has 1 fully saturated rings. The van der Waals surface area contributed by atoms with Crippen molar-refractivity contribution in [3.05, 3.63) is 39.2 Å². The number of nitrogens with one attached hydrogen (secondary N) is 1. The number of β-lactam (4-membered cyclic amide) rings is 1. The summed E-state index contributed by atoms with van der Waals surface area (Å²) in [5, 5.41) is 14.5. The van der Waals surface area contributed by atoms with Crippen LogP contribution in [0, 0.1) is 0 Å². The average Bonchev–Trinajstić information content (AvgIpc) is 3.41. The van der Waals surface area contributed by atoms with Crippen LogP contribution in [0.1, 0.15) is 9.75 Å². The lowest BCUT2D eigenvalue weighted by atomic mass is 10.0. The Balaban J connectivity index is 1.52. The van der Waals surface area contributed by atoms with Crippen molar-refractivity contribution in [3.63, 3.8) is 0 Å². The van der Waals surface area contributed by atoms with Crippen LogP contribution in [0.25, 0.3) is 5.57 Å². The zero-order valence-corrected chi connectivity index (χ0v) is 19.1. The maximum Gasteiger partial charge on any atom is 0.353 e. The second kappa shape index (κ2) is 8.81. The summed E-state index contributed by atoms with van der Waals surface area (Å²) in [5.41, 5.74) is 0.485. The average molecular weight is 478 g/mol. The van der Waals surface area contributed by atoms with Crippen molar-refractivity contribution in [3.8, 4) is 0 Å². The van der Waals surface area contributed by atoms with Crippen molar-refractivity contribution in [1.82, 2.24) is 20.1 Å². The summed E-state index contributed by atoms with van der Waals surface area (Å²) in [4.78, 5) is 50.2. The monoisotopic (exact) mass is 477 g/mol. The number of hydrogen-bond donors (Lipinski definition) is 2. The van der Waals surface area contributed by atoms with Crippen LogP contribution in [0.5, 0.6) is 0 Å². The van der Waals surface area contributed by atoms with Gasteiger partial charge in [-0.05, 0) is 11.4 Å². The number of carboxylic acids is 1. The first-order chi connectivity index (χ1) is 14.8. The lowest BCUT2D eigenvalue weighted by Gasteiger charge is -2.49.